The molecule has 3 N–H and O–H groups in total. The van der Waals surface area contributed by atoms with Gasteiger partial charge in [0.1, 0.15) is 11.6 Å². The van der Waals surface area contributed by atoms with Crippen molar-refractivity contribution < 1.29 is 13.6 Å². The van der Waals surface area contributed by atoms with Crippen LogP contribution in [-0.2, 0) is 11.3 Å². The fraction of sp³-hybridized carbons (Fsp3) is 0.150. The summed E-state index contributed by atoms with van der Waals surface area (Å²) in [6, 6.07) is 7.24. The number of hydrogen-bond donors (Lipinski definition) is 3. The predicted molar refractivity (Wildman–Crippen MR) is 94.4 cm³/mol. The molecule has 6 heteroatoms. The summed E-state index contributed by atoms with van der Waals surface area (Å²) in [4.78, 5) is 15.3. The van der Waals surface area contributed by atoms with Crippen molar-refractivity contribution in [2.45, 2.75) is 13.0 Å². The Balaban J connectivity index is 1.49. The van der Waals surface area contributed by atoms with E-state index in [0.717, 1.165) is 23.2 Å². The molecule has 2 heterocycles. The third kappa shape index (κ3) is 3.31. The van der Waals surface area contributed by atoms with Crippen molar-refractivity contribution in [2.24, 2.45) is 5.92 Å². The van der Waals surface area contributed by atoms with Crippen molar-refractivity contribution in [1.82, 2.24) is 15.6 Å². The molecule has 0 saturated carbocycles. The molecule has 1 saturated heterocycles. The first-order chi connectivity index (χ1) is 12.6. The smallest absolute Gasteiger partial charge is 0.252 e. The number of allylic oxidation sites excluding steroid dienone is 4. The van der Waals surface area contributed by atoms with Gasteiger partial charge in [0.05, 0.1) is 0 Å². The van der Waals surface area contributed by atoms with Gasteiger partial charge >= 0.3 is 0 Å². The van der Waals surface area contributed by atoms with Crippen LogP contribution in [-0.4, -0.2) is 10.9 Å². The lowest BCUT2D eigenvalue weighted by Gasteiger charge is -2.20. The zero-order chi connectivity index (χ0) is 18.1. The van der Waals surface area contributed by atoms with Crippen molar-refractivity contribution in [3.63, 3.8) is 0 Å². The van der Waals surface area contributed by atoms with Crippen LogP contribution in [0.15, 0.2) is 65.6 Å². The summed E-state index contributed by atoms with van der Waals surface area (Å²) < 4.78 is 26.6. The van der Waals surface area contributed by atoms with E-state index in [9.17, 15) is 13.6 Å². The third-order valence-electron chi connectivity index (χ3n) is 4.53. The van der Waals surface area contributed by atoms with Gasteiger partial charge in [0.2, 0.25) is 0 Å². The molecule has 1 amide bonds. The molecule has 1 aliphatic carbocycles. The first kappa shape index (κ1) is 16.3. The standard InChI is InChI=1S/C20H17F2N3O/c21-13-6-12(7-14(22)8-13)11-24-16-3-4-19-17(9-16)18(20(26)25-19)10-15-2-1-5-23-15/h1-8,10,17,23-24H,9,11H2,(H,25,26)/b18-10-. The van der Waals surface area contributed by atoms with Crippen LogP contribution in [0.25, 0.3) is 6.08 Å². The van der Waals surface area contributed by atoms with Crippen LogP contribution in [0, 0.1) is 17.6 Å². The Morgan fingerprint density at radius 3 is 2.73 bits per heavy atom. The van der Waals surface area contributed by atoms with E-state index in [-0.39, 0.29) is 11.8 Å². The molecule has 26 heavy (non-hydrogen) atoms. The topological polar surface area (TPSA) is 56.9 Å². The minimum absolute atomic E-state index is 0.0532. The quantitative estimate of drug-likeness (QED) is 0.738. The molecule has 1 aromatic heterocycles. The maximum Gasteiger partial charge on any atom is 0.252 e. The van der Waals surface area contributed by atoms with Crippen molar-refractivity contribution in [3.8, 4) is 0 Å². The monoisotopic (exact) mass is 353 g/mol. The highest BCUT2D eigenvalue weighted by Gasteiger charge is 2.34. The minimum Gasteiger partial charge on any atom is -0.384 e. The van der Waals surface area contributed by atoms with E-state index in [2.05, 4.69) is 15.6 Å². The third-order valence-corrected chi connectivity index (χ3v) is 4.53. The van der Waals surface area contributed by atoms with Gasteiger partial charge in [0.15, 0.2) is 0 Å². The van der Waals surface area contributed by atoms with Crippen LogP contribution in [0.2, 0.25) is 0 Å². The maximum absolute atomic E-state index is 13.3. The molecule has 2 aromatic rings. The molecule has 1 aromatic carbocycles. The van der Waals surface area contributed by atoms with Crippen LogP contribution >= 0.6 is 0 Å². The van der Waals surface area contributed by atoms with E-state index in [4.69, 9.17) is 0 Å². The number of carbonyl (C=O) groups excluding carboxylic acids is 1. The average Bonchev–Trinajstić information content (AvgIpc) is 3.21. The van der Waals surface area contributed by atoms with E-state index in [1.54, 1.807) is 0 Å². The van der Waals surface area contributed by atoms with Gasteiger partial charge < -0.3 is 15.6 Å². The highest BCUT2D eigenvalue weighted by Crippen LogP contribution is 2.35. The van der Waals surface area contributed by atoms with Crippen molar-refractivity contribution in [2.75, 3.05) is 0 Å². The normalized spacial score (nSPS) is 20.5. The van der Waals surface area contributed by atoms with Gasteiger partial charge in [-0.1, -0.05) is 0 Å². The molecule has 4 rings (SSSR count). The van der Waals surface area contributed by atoms with Crippen LogP contribution in [0.1, 0.15) is 17.7 Å². The first-order valence-electron chi connectivity index (χ1n) is 8.34. The Morgan fingerprint density at radius 2 is 2.00 bits per heavy atom. The summed E-state index contributed by atoms with van der Waals surface area (Å²) in [6.45, 7) is 0.313. The van der Waals surface area contributed by atoms with Gasteiger partial charge in [-0.25, -0.2) is 8.78 Å². The number of amides is 1. The van der Waals surface area contributed by atoms with Crippen LogP contribution < -0.4 is 10.6 Å². The second-order valence-electron chi connectivity index (χ2n) is 6.38. The number of nitrogens with one attached hydrogen (secondary N) is 3. The van der Waals surface area contributed by atoms with Gasteiger partial charge in [-0.15, -0.1) is 0 Å². The molecule has 4 nitrogen and oxygen atoms in total. The fourth-order valence-corrected chi connectivity index (χ4v) is 3.30. The summed E-state index contributed by atoms with van der Waals surface area (Å²) >= 11 is 0. The zero-order valence-corrected chi connectivity index (χ0v) is 13.9. The SMILES string of the molecule is O=C1NC2=CC=C(NCc3cc(F)cc(F)c3)CC2/C1=C/c1ccc[nH]1. The van der Waals surface area contributed by atoms with Crippen LogP contribution in [0.5, 0.6) is 0 Å². The number of hydrogen-bond acceptors (Lipinski definition) is 2. The Hall–Kier alpha value is -3.15. The van der Waals surface area contributed by atoms with Gasteiger partial charge in [0.25, 0.3) is 5.91 Å². The second-order valence-corrected chi connectivity index (χ2v) is 6.38. The summed E-state index contributed by atoms with van der Waals surface area (Å²) in [6.07, 6.45) is 8.04. The number of fused-ring (bicyclic) bond motifs is 1. The number of rotatable bonds is 4. The Morgan fingerprint density at radius 1 is 1.19 bits per heavy atom. The molecule has 0 bridgehead atoms. The summed E-state index contributed by atoms with van der Waals surface area (Å²) in [5.41, 5.74) is 3.88. The van der Waals surface area contributed by atoms with Crippen molar-refractivity contribution in [1.29, 1.82) is 0 Å². The molecule has 2 aliphatic rings. The Bertz CT molecular complexity index is 922. The molecule has 132 valence electrons. The van der Waals surface area contributed by atoms with Crippen molar-refractivity contribution >= 4 is 12.0 Å². The van der Waals surface area contributed by atoms with E-state index in [1.807, 2.05) is 36.6 Å². The number of carbonyl (C=O) groups is 1. The van der Waals surface area contributed by atoms with Crippen molar-refractivity contribution in [3.05, 3.63) is 88.5 Å². The maximum atomic E-state index is 13.3. The summed E-state index contributed by atoms with van der Waals surface area (Å²) in [5.74, 6) is -1.34. The Labute approximate surface area is 149 Å². The predicted octanol–water partition coefficient (Wildman–Crippen LogP) is 3.38. The van der Waals surface area contributed by atoms with Crippen LogP contribution in [0.4, 0.5) is 8.78 Å². The molecule has 0 radical (unpaired) electrons. The average molecular weight is 353 g/mol. The Kier molecular flexibility index (Phi) is 4.16. The lowest BCUT2D eigenvalue weighted by Crippen LogP contribution is -2.19. The van der Waals surface area contributed by atoms with E-state index in [0.29, 0.717) is 24.1 Å². The number of benzene rings is 1. The number of aromatic amines is 1. The number of aromatic nitrogens is 1. The summed E-state index contributed by atoms with van der Waals surface area (Å²) in [7, 11) is 0. The van der Waals surface area contributed by atoms with E-state index in [1.165, 1.54) is 12.1 Å². The first-order valence-corrected chi connectivity index (χ1v) is 8.34. The molecular formula is C20H17F2N3O. The lowest BCUT2D eigenvalue weighted by molar-refractivity contribution is -0.115. The molecule has 1 fully saturated rings. The largest absolute Gasteiger partial charge is 0.384 e. The molecule has 1 atom stereocenters. The van der Waals surface area contributed by atoms with Gasteiger partial charge in [-0.05, 0) is 54.5 Å². The second kappa shape index (κ2) is 6.63. The van der Waals surface area contributed by atoms with Crippen LogP contribution in [0.3, 0.4) is 0 Å². The highest BCUT2D eigenvalue weighted by atomic mass is 19.1. The van der Waals surface area contributed by atoms with E-state index < -0.39 is 11.6 Å². The number of H-pyrrole nitrogens is 1. The number of halogens is 2. The lowest BCUT2D eigenvalue weighted by atomic mass is 9.90. The molecule has 1 aliphatic heterocycles. The van der Waals surface area contributed by atoms with E-state index >= 15 is 0 Å². The molecule has 0 spiro atoms. The van der Waals surface area contributed by atoms with Gasteiger partial charge in [-0.3, -0.25) is 4.79 Å². The zero-order valence-electron chi connectivity index (χ0n) is 13.9. The highest BCUT2D eigenvalue weighted by molar-refractivity contribution is 6.03. The fourth-order valence-electron chi connectivity index (χ4n) is 3.30. The molecular weight excluding hydrogens is 336 g/mol. The summed E-state index contributed by atoms with van der Waals surface area (Å²) in [5, 5.41) is 6.10. The molecule has 1 unspecified atom stereocenters. The van der Waals surface area contributed by atoms with Gasteiger partial charge in [0, 0.05) is 47.4 Å². The van der Waals surface area contributed by atoms with Gasteiger partial charge in [-0.2, -0.15) is 0 Å². The minimum atomic E-state index is -0.594.